The van der Waals surface area contributed by atoms with E-state index in [0.29, 0.717) is 44.0 Å². The van der Waals surface area contributed by atoms with Crippen molar-refractivity contribution in [2.24, 2.45) is 0 Å². The summed E-state index contributed by atoms with van der Waals surface area (Å²) in [5, 5.41) is 7.69. The fourth-order valence-corrected chi connectivity index (χ4v) is 5.40. The van der Waals surface area contributed by atoms with Gasteiger partial charge in [0.1, 0.15) is 17.3 Å². The van der Waals surface area contributed by atoms with Gasteiger partial charge in [0.25, 0.3) is 5.91 Å². The summed E-state index contributed by atoms with van der Waals surface area (Å²) in [6.45, 7) is 8.61. The molecule has 0 saturated carbocycles. The first-order valence-electron chi connectivity index (χ1n) is 11.1. The number of carbonyl (C=O) groups is 1. The monoisotopic (exact) mass is 504 g/mol. The number of aromatic amines is 1. The number of fused-ring (bicyclic) bond motifs is 1. The number of nitrogens with one attached hydrogen (secondary N) is 3. The molecular weight excluding hydrogens is 475 g/mol. The minimum absolute atomic E-state index is 0.0268. The molecule has 1 aromatic heterocycles. The van der Waals surface area contributed by atoms with Gasteiger partial charge < -0.3 is 25.1 Å². The number of piperidine rings is 1. The summed E-state index contributed by atoms with van der Waals surface area (Å²) in [7, 11) is 3.10. The number of carbonyl (C=O) groups excluding carboxylic acids is 1. The van der Waals surface area contributed by atoms with Gasteiger partial charge in [0.05, 0.1) is 46.4 Å². The van der Waals surface area contributed by atoms with Gasteiger partial charge in [0.15, 0.2) is 0 Å². The van der Waals surface area contributed by atoms with Crippen molar-refractivity contribution in [2.75, 3.05) is 14.2 Å². The van der Waals surface area contributed by atoms with Crippen molar-refractivity contribution in [1.82, 2.24) is 20.6 Å². The largest absolute Gasteiger partial charge is 0.496 e. The average Bonchev–Trinajstić information content (AvgIpc) is 3.13. The standard InChI is InChI=1S/C25H30Cl2N4O3/c1-24(2)11-13(12-25(3,4)31-24)28-23(32)15-8-20(33-5)14(7-21(15)34-6)22-29-18-9-16(26)17(27)10-19(18)30-22/h7-10,13,31H,11-12H2,1-6H3,(H,28,32)(H,29,30). The number of H-pyrrole nitrogens is 1. The molecule has 0 atom stereocenters. The third kappa shape index (κ3) is 4.97. The van der Waals surface area contributed by atoms with Gasteiger partial charge in [-0.1, -0.05) is 23.2 Å². The molecule has 0 aliphatic carbocycles. The predicted molar refractivity (Wildman–Crippen MR) is 136 cm³/mol. The highest BCUT2D eigenvalue weighted by atomic mass is 35.5. The van der Waals surface area contributed by atoms with E-state index in [1.165, 1.54) is 7.11 Å². The van der Waals surface area contributed by atoms with E-state index in [4.69, 9.17) is 32.7 Å². The van der Waals surface area contributed by atoms with E-state index in [1.807, 2.05) is 0 Å². The van der Waals surface area contributed by atoms with E-state index < -0.39 is 0 Å². The molecule has 7 nitrogen and oxygen atoms in total. The smallest absolute Gasteiger partial charge is 0.255 e. The summed E-state index contributed by atoms with van der Waals surface area (Å²) < 4.78 is 11.2. The van der Waals surface area contributed by atoms with Crippen LogP contribution < -0.4 is 20.1 Å². The molecule has 0 spiro atoms. The topological polar surface area (TPSA) is 88.3 Å². The Labute approximate surface area is 209 Å². The number of hydrogen-bond donors (Lipinski definition) is 3. The van der Waals surface area contributed by atoms with Crippen LogP contribution in [-0.4, -0.2) is 47.2 Å². The quantitative estimate of drug-likeness (QED) is 0.421. The number of aromatic nitrogens is 2. The molecule has 3 aromatic rings. The van der Waals surface area contributed by atoms with Crippen LogP contribution >= 0.6 is 23.2 Å². The van der Waals surface area contributed by atoms with Crippen molar-refractivity contribution in [3.05, 3.63) is 39.9 Å². The Morgan fingerprint density at radius 2 is 1.62 bits per heavy atom. The van der Waals surface area contributed by atoms with E-state index in [2.05, 4.69) is 48.3 Å². The average molecular weight is 505 g/mol. The molecule has 182 valence electrons. The van der Waals surface area contributed by atoms with Gasteiger partial charge in [0, 0.05) is 17.1 Å². The lowest BCUT2D eigenvalue weighted by atomic mass is 9.79. The van der Waals surface area contributed by atoms with Crippen LogP contribution in [0.4, 0.5) is 0 Å². The molecule has 0 bridgehead atoms. The molecule has 3 N–H and O–H groups in total. The van der Waals surface area contributed by atoms with Gasteiger partial charge in [-0.25, -0.2) is 4.98 Å². The zero-order chi connectivity index (χ0) is 24.8. The number of hydrogen-bond acceptors (Lipinski definition) is 5. The molecule has 1 fully saturated rings. The molecule has 4 rings (SSSR count). The van der Waals surface area contributed by atoms with Crippen LogP contribution in [0, 0.1) is 0 Å². The minimum atomic E-state index is -0.205. The Kier molecular flexibility index (Phi) is 6.48. The second kappa shape index (κ2) is 8.95. The van der Waals surface area contributed by atoms with Crippen LogP contribution in [0.25, 0.3) is 22.4 Å². The Bertz CT molecular complexity index is 1200. The highest BCUT2D eigenvalue weighted by Gasteiger charge is 2.38. The third-order valence-corrected chi connectivity index (χ3v) is 6.79. The van der Waals surface area contributed by atoms with Crippen molar-refractivity contribution in [3.8, 4) is 22.9 Å². The van der Waals surface area contributed by atoms with Crippen LogP contribution in [0.15, 0.2) is 24.3 Å². The Morgan fingerprint density at radius 1 is 1.00 bits per heavy atom. The second-order valence-corrected chi connectivity index (χ2v) is 10.9. The van der Waals surface area contributed by atoms with Crippen molar-refractivity contribution >= 4 is 40.1 Å². The first-order valence-corrected chi connectivity index (χ1v) is 11.9. The number of imidazole rings is 1. The molecule has 2 heterocycles. The molecule has 0 radical (unpaired) electrons. The van der Waals surface area contributed by atoms with E-state index in [1.54, 1.807) is 31.4 Å². The maximum absolute atomic E-state index is 13.3. The third-order valence-electron chi connectivity index (χ3n) is 6.07. The maximum Gasteiger partial charge on any atom is 0.255 e. The lowest BCUT2D eigenvalue weighted by molar-refractivity contribution is 0.0870. The minimum Gasteiger partial charge on any atom is -0.496 e. The Morgan fingerprint density at radius 3 is 2.24 bits per heavy atom. The number of rotatable bonds is 5. The van der Waals surface area contributed by atoms with Crippen molar-refractivity contribution in [1.29, 1.82) is 0 Å². The second-order valence-electron chi connectivity index (χ2n) is 10.1. The summed E-state index contributed by atoms with van der Waals surface area (Å²) >= 11 is 12.3. The van der Waals surface area contributed by atoms with E-state index in [-0.39, 0.29) is 23.0 Å². The van der Waals surface area contributed by atoms with Gasteiger partial charge in [-0.3, -0.25) is 4.79 Å². The summed E-state index contributed by atoms with van der Waals surface area (Å²) in [6, 6.07) is 6.90. The summed E-state index contributed by atoms with van der Waals surface area (Å²) in [5.41, 5.74) is 2.30. The highest BCUT2D eigenvalue weighted by Crippen LogP contribution is 2.37. The van der Waals surface area contributed by atoms with Crippen LogP contribution in [-0.2, 0) is 0 Å². The van der Waals surface area contributed by atoms with Crippen molar-refractivity contribution in [2.45, 2.75) is 57.7 Å². The zero-order valence-corrected chi connectivity index (χ0v) is 21.7. The summed E-state index contributed by atoms with van der Waals surface area (Å²) in [4.78, 5) is 21.2. The van der Waals surface area contributed by atoms with E-state index >= 15 is 0 Å². The van der Waals surface area contributed by atoms with E-state index in [0.717, 1.165) is 18.4 Å². The van der Waals surface area contributed by atoms with Crippen molar-refractivity contribution < 1.29 is 14.3 Å². The SMILES string of the molecule is COc1cc(-c2nc3cc(Cl)c(Cl)cc3[nH]2)c(OC)cc1C(=O)NC1CC(C)(C)NC(C)(C)C1. The molecule has 1 aliphatic rings. The fraction of sp³-hybridized carbons (Fsp3) is 0.440. The number of amides is 1. The normalized spacial score (nSPS) is 17.5. The molecule has 34 heavy (non-hydrogen) atoms. The highest BCUT2D eigenvalue weighted by molar-refractivity contribution is 6.42. The summed E-state index contributed by atoms with van der Waals surface area (Å²) in [6.07, 6.45) is 1.65. The number of halogens is 2. The maximum atomic E-state index is 13.3. The summed E-state index contributed by atoms with van der Waals surface area (Å²) in [5.74, 6) is 1.27. The van der Waals surface area contributed by atoms with Gasteiger partial charge in [0.2, 0.25) is 0 Å². The van der Waals surface area contributed by atoms with Crippen molar-refractivity contribution in [3.63, 3.8) is 0 Å². The van der Waals surface area contributed by atoms with Gasteiger partial charge in [-0.15, -0.1) is 0 Å². The Hall–Kier alpha value is -2.48. The Balaban J connectivity index is 1.68. The molecule has 9 heteroatoms. The van der Waals surface area contributed by atoms with Gasteiger partial charge in [-0.2, -0.15) is 0 Å². The first-order chi connectivity index (χ1) is 15.9. The molecule has 0 unspecified atom stereocenters. The fourth-order valence-electron chi connectivity index (χ4n) is 5.08. The first kappa shape index (κ1) is 24.6. The molecule has 1 aliphatic heterocycles. The molecule has 2 aromatic carbocycles. The van der Waals surface area contributed by atoms with Gasteiger partial charge >= 0.3 is 0 Å². The van der Waals surface area contributed by atoms with Crippen LogP contribution in [0.5, 0.6) is 11.5 Å². The lowest BCUT2D eigenvalue weighted by Gasteiger charge is -2.46. The molecule has 1 saturated heterocycles. The molecular formula is C25H30Cl2N4O3. The van der Waals surface area contributed by atoms with Crippen LogP contribution in [0.1, 0.15) is 50.9 Å². The predicted octanol–water partition coefficient (Wildman–Crippen LogP) is 5.59. The number of ether oxygens (including phenoxy) is 2. The molecule has 1 amide bonds. The van der Waals surface area contributed by atoms with Crippen LogP contribution in [0.2, 0.25) is 10.0 Å². The zero-order valence-electron chi connectivity index (χ0n) is 20.2. The van der Waals surface area contributed by atoms with E-state index in [9.17, 15) is 4.79 Å². The van der Waals surface area contributed by atoms with Gasteiger partial charge in [-0.05, 0) is 64.8 Å². The number of benzene rings is 2. The number of nitrogens with zero attached hydrogens (tertiary/aromatic N) is 1. The lowest BCUT2D eigenvalue weighted by Crippen LogP contribution is -2.62. The number of methoxy groups -OCH3 is 2. The van der Waals surface area contributed by atoms with Crippen LogP contribution in [0.3, 0.4) is 0 Å².